The van der Waals surface area contributed by atoms with Crippen molar-refractivity contribution in [3.8, 4) is 5.75 Å². The van der Waals surface area contributed by atoms with Gasteiger partial charge in [0.05, 0.1) is 25.9 Å². The average molecular weight is 265 g/mol. The zero-order chi connectivity index (χ0) is 14.1. The number of benzene rings is 1. The predicted octanol–water partition coefficient (Wildman–Crippen LogP) is 3.55. The molecule has 1 aromatic rings. The Morgan fingerprint density at radius 3 is 2.68 bits per heavy atom. The van der Waals surface area contributed by atoms with E-state index < -0.39 is 0 Å². The maximum Gasteiger partial charge on any atom is 0.119 e. The van der Waals surface area contributed by atoms with E-state index in [1.54, 1.807) is 7.11 Å². The van der Waals surface area contributed by atoms with E-state index in [1.165, 1.54) is 5.56 Å². The summed E-state index contributed by atoms with van der Waals surface area (Å²) in [5, 5.41) is 3.47. The van der Waals surface area contributed by atoms with Gasteiger partial charge in [0.25, 0.3) is 0 Å². The van der Waals surface area contributed by atoms with Gasteiger partial charge in [-0.15, -0.1) is 0 Å². The van der Waals surface area contributed by atoms with Crippen LogP contribution in [0.3, 0.4) is 0 Å². The Bertz CT molecular complexity index is 354. The molecule has 3 nitrogen and oxygen atoms in total. The highest BCUT2D eigenvalue weighted by atomic mass is 16.5. The van der Waals surface area contributed by atoms with Crippen molar-refractivity contribution in [1.82, 2.24) is 5.32 Å². The van der Waals surface area contributed by atoms with E-state index in [4.69, 9.17) is 9.47 Å². The van der Waals surface area contributed by atoms with Crippen molar-refractivity contribution in [1.29, 1.82) is 0 Å². The molecule has 108 valence electrons. The maximum atomic E-state index is 5.92. The summed E-state index contributed by atoms with van der Waals surface area (Å²) in [6, 6.07) is 8.39. The fourth-order valence-electron chi connectivity index (χ4n) is 2.13. The third kappa shape index (κ3) is 5.62. The fourth-order valence-corrected chi connectivity index (χ4v) is 2.13. The fraction of sp³-hybridized carbons (Fsp3) is 0.625. The zero-order valence-electron chi connectivity index (χ0n) is 12.6. The molecule has 0 heterocycles. The summed E-state index contributed by atoms with van der Waals surface area (Å²) in [5.41, 5.74) is 1.21. The lowest BCUT2D eigenvalue weighted by Crippen LogP contribution is -2.27. The number of rotatable bonds is 9. The quantitative estimate of drug-likeness (QED) is 0.740. The molecule has 1 aromatic carbocycles. The highest BCUT2D eigenvalue weighted by molar-refractivity contribution is 5.30. The van der Waals surface area contributed by atoms with E-state index in [1.807, 2.05) is 12.1 Å². The lowest BCUT2D eigenvalue weighted by molar-refractivity contribution is 0.0442. The highest BCUT2D eigenvalue weighted by Crippen LogP contribution is 2.20. The van der Waals surface area contributed by atoms with E-state index >= 15 is 0 Å². The third-order valence-corrected chi connectivity index (χ3v) is 3.19. The second kappa shape index (κ2) is 8.94. The summed E-state index contributed by atoms with van der Waals surface area (Å²) < 4.78 is 11.2. The number of likely N-dealkylation sites (N-methyl/N-ethyl adjacent to an activating group) is 1. The number of ether oxygens (including phenoxy) is 2. The van der Waals surface area contributed by atoms with Crippen molar-refractivity contribution >= 4 is 0 Å². The normalized spacial score (nSPS) is 14.1. The van der Waals surface area contributed by atoms with E-state index in [-0.39, 0.29) is 6.04 Å². The molecule has 1 N–H and O–H groups in total. The van der Waals surface area contributed by atoms with Gasteiger partial charge in [0.15, 0.2) is 0 Å². The van der Waals surface area contributed by atoms with Crippen LogP contribution in [0.25, 0.3) is 0 Å². The van der Waals surface area contributed by atoms with Crippen molar-refractivity contribution in [3.63, 3.8) is 0 Å². The minimum atomic E-state index is 0.222. The number of hydrogen-bond donors (Lipinski definition) is 1. The van der Waals surface area contributed by atoms with Crippen molar-refractivity contribution in [3.05, 3.63) is 29.8 Å². The topological polar surface area (TPSA) is 30.5 Å². The van der Waals surface area contributed by atoms with Gasteiger partial charge in [-0.3, -0.25) is 0 Å². The van der Waals surface area contributed by atoms with Gasteiger partial charge in [-0.25, -0.2) is 0 Å². The molecule has 0 saturated heterocycles. The summed E-state index contributed by atoms with van der Waals surface area (Å²) in [5.74, 6) is 0.891. The summed E-state index contributed by atoms with van der Waals surface area (Å²) in [4.78, 5) is 0. The smallest absolute Gasteiger partial charge is 0.119 e. The molecule has 0 radical (unpaired) electrons. The van der Waals surface area contributed by atoms with Crippen LogP contribution in [0.2, 0.25) is 0 Å². The molecule has 0 fully saturated rings. The molecule has 0 spiro atoms. The first-order valence-corrected chi connectivity index (χ1v) is 7.20. The van der Waals surface area contributed by atoms with Gasteiger partial charge in [-0.2, -0.15) is 0 Å². The minimum absolute atomic E-state index is 0.222. The molecule has 1 rings (SSSR count). The van der Waals surface area contributed by atoms with Gasteiger partial charge in [-0.1, -0.05) is 32.4 Å². The van der Waals surface area contributed by atoms with Gasteiger partial charge in [0.1, 0.15) is 5.75 Å². The maximum absolute atomic E-state index is 5.92. The van der Waals surface area contributed by atoms with Crippen LogP contribution in [0.5, 0.6) is 5.75 Å². The molecular weight excluding hydrogens is 238 g/mol. The molecule has 0 bridgehead atoms. The van der Waals surface area contributed by atoms with Gasteiger partial charge in [0.2, 0.25) is 0 Å². The first-order valence-electron chi connectivity index (χ1n) is 7.20. The SMILES string of the molecule is CCCC(C)OCC(NCC)c1cccc(OC)c1. The molecule has 0 aromatic heterocycles. The predicted molar refractivity (Wildman–Crippen MR) is 79.7 cm³/mol. The molecular formula is C16H27NO2. The van der Waals surface area contributed by atoms with Crippen molar-refractivity contribution < 1.29 is 9.47 Å². The zero-order valence-corrected chi connectivity index (χ0v) is 12.6. The monoisotopic (exact) mass is 265 g/mol. The largest absolute Gasteiger partial charge is 0.497 e. The molecule has 19 heavy (non-hydrogen) atoms. The number of nitrogens with one attached hydrogen (secondary N) is 1. The summed E-state index contributed by atoms with van der Waals surface area (Å²) in [7, 11) is 1.70. The first-order chi connectivity index (χ1) is 9.21. The van der Waals surface area contributed by atoms with E-state index in [2.05, 4.69) is 38.2 Å². The summed E-state index contributed by atoms with van der Waals surface area (Å²) in [6.07, 6.45) is 2.58. The molecule has 0 aliphatic carbocycles. The standard InChI is InChI=1S/C16H27NO2/c1-5-8-13(3)19-12-16(17-6-2)14-9-7-10-15(11-14)18-4/h7,9-11,13,16-17H,5-6,8,12H2,1-4H3. The average Bonchev–Trinajstić information content (AvgIpc) is 2.44. The van der Waals surface area contributed by atoms with Gasteiger partial charge >= 0.3 is 0 Å². The van der Waals surface area contributed by atoms with Crippen LogP contribution in [0, 0.1) is 0 Å². The van der Waals surface area contributed by atoms with Crippen LogP contribution in [0.4, 0.5) is 0 Å². The van der Waals surface area contributed by atoms with Gasteiger partial charge in [-0.05, 0) is 37.6 Å². The van der Waals surface area contributed by atoms with Gasteiger partial charge < -0.3 is 14.8 Å². The molecule has 2 atom stereocenters. The van der Waals surface area contributed by atoms with Crippen molar-refractivity contribution in [2.45, 2.75) is 45.8 Å². The van der Waals surface area contributed by atoms with Crippen LogP contribution in [-0.2, 0) is 4.74 Å². The molecule has 2 unspecified atom stereocenters. The molecule has 3 heteroatoms. The molecule has 0 aliphatic rings. The van der Waals surface area contributed by atoms with E-state index in [0.29, 0.717) is 12.7 Å². The lowest BCUT2D eigenvalue weighted by atomic mass is 10.1. The van der Waals surface area contributed by atoms with Crippen molar-refractivity contribution in [2.24, 2.45) is 0 Å². The second-order valence-electron chi connectivity index (χ2n) is 4.82. The first kappa shape index (κ1) is 16.0. The van der Waals surface area contributed by atoms with Crippen LogP contribution < -0.4 is 10.1 Å². The lowest BCUT2D eigenvalue weighted by Gasteiger charge is -2.21. The number of methoxy groups -OCH3 is 1. The van der Waals surface area contributed by atoms with Gasteiger partial charge in [0, 0.05) is 0 Å². The Kier molecular flexibility index (Phi) is 7.53. The van der Waals surface area contributed by atoms with E-state index in [0.717, 1.165) is 25.1 Å². The Morgan fingerprint density at radius 1 is 1.26 bits per heavy atom. The summed E-state index contributed by atoms with van der Waals surface area (Å²) >= 11 is 0. The highest BCUT2D eigenvalue weighted by Gasteiger charge is 2.13. The van der Waals surface area contributed by atoms with Crippen LogP contribution >= 0.6 is 0 Å². The van der Waals surface area contributed by atoms with Crippen molar-refractivity contribution in [2.75, 3.05) is 20.3 Å². The third-order valence-electron chi connectivity index (χ3n) is 3.19. The Labute approximate surface area is 117 Å². The summed E-state index contributed by atoms with van der Waals surface area (Å²) in [6.45, 7) is 8.06. The second-order valence-corrected chi connectivity index (χ2v) is 4.82. The number of hydrogen-bond acceptors (Lipinski definition) is 3. The molecule has 0 saturated carbocycles. The molecule has 0 amide bonds. The Balaban J connectivity index is 2.64. The van der Waals surface area contributed by atoms with Crippen LogP contribution in [-0.4, -0.2) is 26.4 Å². The minimum Gasteiger partial charge on any atom is -0.497 e. The molecule has 0 aliphatic heterocycles. The Morgan fingerprint density at radius 2 is 2.05 bits per heavy atom. The van der Waals surface area contributed by atoms with E-state index in [9.17, 15) is 0 Å². The van der Waals surface area contributed by atoms with Crippen LogP contribution in [0.15, 0.2) is 24.3 Å². The Hall–Kier alpha value is -1.06. The van der Waals surface area contributed by atoms with Crippen LogP contribution in [0.1, 0.15) is 45.2 Å².